The Labute approximate surface area is 148 Å². The quantitative estimate of drug-likeness (QED) is 0.688. The predicted octanol–water partition coefficient (Wildman–Crippen LogP) is 3.01. The lowest BCUT2D eigenvalue weighted by atomic mass is 10.2. The van der Waals surface area contributed by atoms with Crippen LogP contribution in [0.25, 0.3) is 10.9 Å². The van der Waals surface area contributed by atoms with Gasteiger partial charge in [0.15, 0.2) is 5.82 Å². The van der Waals surface area contributed by atoms with Gasteiger partial charge in [-0.05, 0) is 34.1 Å². The Morgan fingerprint density at radius 2 is 1.92 bits per heavy atom. The van der Waals surface area contributed by atoms with Crippen molar-refractivity contribution in [3.63, 3.8) is 0 Å². The van der Waals surface area contributed by atoms with Gasteiger partial charge in [0.25, 0.3) is 0 Å². The fourth-order valence-corrected chi connectivity index (χ4v) is 3.49. The standard InChI is InChI=1S/C17H18BrN5O/c1-12-19-15(21-24-12)11-22-7-9-23(10-8-22)16-6-5-13-3-2-4-14(18)17(13)20-16/h2-6H,7-11H2,1H3. The molecule has 0 saturated carbocycles. The first-order valence-electron chi connectivity index (χ1n) is 8.01. The Morgan fingerprint density at radius 3 is 2.67 bits per heavy atom. The monoisotopic (exact) mass is 387 g/mol. The largest absolute Gasteiger partial charge is 0.354 e. The Morgan fingerprint density at radius 1 is 1.08 bits per heavy atom. The van der Waals surface area contributed by atoms with Gasteiger partial charge < -0.3 is 9.42 Å². The molecular weight excluding hydrogens is 370 g/mol. The molecule has 7 heteroatoms. The lowest BCUT2D eigenvalue weighted by molar-refractivity contribution is 0.239. The molecule has 1 aliphatic rings. The lowest BCUT2D eigenvalue weighted by Crippen LogP contribution is -2.46. The number of pyridine rings is 1. The van der Waals surface area contributed by atoms with Crippen molar-refractivity contribution in [1.82, 2.24) is 20.0 Å². The molecule has 1 fully saturated rings. The van der Waals surface area contributed by atoms with Crippen molar-refractivity contribution < 1.29 is 4.52 Å². The molecule has 0 aliphatic carbocycles. The first-order valence-corrected chi connectivity index (χ1v) is 8.80. The molecule has 24 heavy (non-hydrogen) atoms. The zero-order valence-electron chi connectivity index (χ0n) is 13.4. The Bertz CT molecular complexity index is 857. The third-order valence-electron chi connectivity index (χ3n) is 4.29. The van der Waals surface area contributed by atoms with E-state index >= 15 is 0 Å². The van der Waals surface area contributed by atoms with Crippen molar-refractivity contribution in [2.75, 3.05) is 31.1 Å². The number of nitrogens with zero attached hydrogens (tertiary/aromatic N) is 5. The van der Waals surface area contributed by atoms with Crippen LogP contribution in [0.4, 0.5) is 5.82 Å². The van der Waals surface area contributed by atoms with Crippen molar-refractivity contribution in [3.8, 4) is 0 Å². The van der Waals surface area contributed by atoms with E-state index in [0.29, 0.717) is 5.89 Å². The highest BCUT2D eigenvalue weighted by molar-refractivity contribution is 9.10. The molecule has 0 radical (unpaired) electrons. The number of halogens is 1. The van der Waals surface area contributed by atoms with Gasteiger partial charge >= 0.3 is 0 Å². The van der Waals surface area contributed by atoms with Crippen molar-refractivity contribution >= 4 is 32.7 Å². The number of aromatic nitrogens is 3. The Hall–Kier alpha value is -1.99. The number of benzene rings is 1. The van der Waals surface area contributed by atoms with E-state index in [-0.39, 0.29) is 0 Å². The zero-order valence-corrected chi connectivity index (χ0v) is 15.0. The first-order chi connectivity index (χ1) is 11.7. The maximum Gasteiger partial charge on any atom is 0.223 e. The van der Waals surface area contributed by atoms with E-state index in [1.807, 2.05) is 19.1 Å². The van der Waals surface area contributed by atoms with Crippen LogP contribution in [0.15, 0.2) is 39.3 Å². The molecule has 3 aromatic rings. The predicted molar refractivity (Wildman–Crippen MR) is 96.0 cm³/mol. The average molecular weight is 388 g/mol. The fraction of sp³-hybridized carbons (Fsp3) is 0.353. The molecule has 4 rings (SSSR count). The SMILES string of the molecule is Cc1nc(CN2CCN(c3ccc4cccc(Br)c4n3)CC2)no1. The zero-order chi connectivity index (χ0) is 16.5. The van der Waals surface area contributed by atoms with Gasteiger partial charge in [-0.25, -0.2) is 4.98 Å². The summed E-state index contributed by atoms with van der Waals surface area (Å²) >= 11 is 3.59. The molecule has 0 bridgehead atoms. The summed E-state index contributed by atoms with van der Waals surface area (Å²) in [6.45, 7) is 6.37. The van der Waals surface area contributed by atoms with Gasteiger partial charge in [-0.1, -0.05) is 17.3 Å². The van der Waals surface area contributed by atoms with Crippen molar-refractivity contribution in [1.29, 1.82) is 0 Å². The number of hydrogen-bond acceptors (Lipinski definition) is 6. The van der Waals surface area contributed by atoms with E-state index in [0.717, 1.165) is 59.7 Å². The fourth-order valence-electron chi connectivity index (χ4n) is 3.02. The normalized spacial score (nSPS) is 16.0. The number of hydrogen-bond donors (Lipinski definition) is 0. The van der Waals surface area contributed by atoms with Crippen molar-refractivity contribution in [2.24, 2.45) is 0 Å². The maximum atomic E-state index is 5.04. The third-order valence-corrected chi connectivity index (χ3v) is 4.93. The highest BCUT2D eigenvalue weighted by Gasteiger charge is 2.20. The van der Waals surface area contributed by atoms with Gasteiger partial charge in [-0.3, -0.25) is 4.90 Å². The summed E-state index contributed by atoms with van der Waals surface area (Å²) < 4.78 is 6.07. The van der Waals surface area contributed by atoms with Crippen LogP contribution in [0.3, 0.4) is 0 Å². The molecule has 2 aromatic heterocycles. The van der Waals surface area contributed by atoms with Crippen LogP contribution in [0.5, 0.6) is 0 Å². The Kier molecular flexibility index (Phi) is 4.20. The molecule has 1 aliphatic heterocycles. The second-order valence-corrected chi connectivity index (χ2v) is 6.83. The number of aryl methyl sites for hydroxylation is 1. The van der Waals surface area contributed by atoms with Gasteiger partial charge in [-0.15, -0.1) is 0 Å². The van der Waals surface area contributed by atoms with E-state index < -0.39 is 0 Å². The van der Waals surface area contributed by atoms with Gasteiger partial charge in [0, 0.05) is 43.0 Å². The van der Waals surface area contributed by atoms with E-state index in [1.54, 1.807) is 0 Å². The van der Waals surface area contributed by atoms with E-state index in [9.17, 15) is 0 Å². The summed E-state index contributed by atoms with van der Waals surface area (Å²) in [5.41, 5.74) is 1.01. The van der Waals surface area contributed by atoms with Crippen LogP contribution >= 0.6 is 15.9 Å². The second kappa shape index (κ2) is 6.49. The third kappa shape index (κ3) is 3.14. The smallest absolute Gasteiger partial charge is 0.223 e. The molecule has 0 atom stereocenters. The summed E-state index contributed by atoms with van der Waals surface area (Å²) in [6.07, 6.45) is 0. The molecular formula is C17H18BrN5O. The second-order valence-electron chi connectivity index (χ2n) is 5.97. The Balaban J connectivity index is 1.44. The van der Waals surface area contributed by atoms with Crippen LogP contribution < -0.4 is 4.90 Å². The van der Waals surface area contributed by atoms with E-state index in [4.69, 9.17) is 9.51 Å². The maximum absolute atomic E-state index is 5.04. The summed E-state index contributed by atoms with van der Waals surface area (Å²) in [5, 5.41) is 5.12. The minimum atomic E-state index is 0.620. The summed E-state index contributed by atoms with van der Waals surface area (Å²) in [6, 6.07) is 10.4. The van der Waals surface area contributed by atoms with Crippen molar-refractivity contribution in [3.05, 3.63) is 46.5 Å². The molecule has 0 spiro atoms. The number of fused-ring (bicyclic) bond motifs is 1. The van der Waals surface area contributed by atoms with Crippen LogP contribution in [0.2, 0.25) is 0 Å². The highest BCUT2D eigenvalue weighted by Crippen LogP contribution is 2.25. The van der Waals surface area contributed by atoms with Crippen LogP contribution in [0.1, 0.15) is 11.7 Å². The van der Waals surface area contributed by atoms with Gasteiger partial charge in [-0.2, -0.15) is 4.98 Å². The highest BCUT2D eigenvalue weighted by atomic mass is 79.9. The molecule has 0 N–H and O–H groups in total. The number of piperazine rings is 1. The van der Waals surface area contributed by atoms with E-state index in [2.05, 4.69) is 54.1 Å². The minimum absolute atomic E-state index is 0.620. The van der Waals surface area contributed by atoms with E-state index in [1.165, 1.54) is 0 Å². The molecule has 1 aromatic carbocycles. The average Bonchev–Trinajstić information content (AvgIpc) is 3.01. The number of anilines is 1. The van der Waals surface area contributed by atoms with Crippen LogP contribution in [-0.4, -0.2) is 46.2 Å². The minimum Gasteiger partial charge on any atom is -0.354 e. The van der Waals surface area contributed by atoms with Gasteiger partial charge in [0.1, 0.15) is 5.82 Å². The van der Waals surface area contributed by atoms with Gasteiger partial charge in [0.2, 0.25) is 5.89 Å². The molecule has 6 nitrogen and oxygen atoms in total. The lowest BCUT2D eigenvalue weighted by Gasteiger charge is -2.34. The summed E-state index contributed by atoms with van der Waals surface area (Å²) in [7, 11) is 0. The summed E-state index contributed by atoms with van der Waals surface area (Å²) in [4.78, 5) is 13.8. The number of para-hydroxylation sites is 1. The molecule has 124 valence electrons. The van der Waals surface area contributed by atoms with Gasteiger partial charge in [0.05, 0.1) is 12.1 Å². The summed E-state index contributed by atoms with van der Waals surface area (Å²) in [5.74, 6) is 2.41. The molecule has 0 unspecified atom stereocenters. The topological polar surface area (TPSA) is 58.3 Å². The molecule has 0 amide bonds. The first kappa shape index (κ1) is 15.5. The van der Waals surface area contributed by atoms with Crippen molar-refractivity contribution in [2.45, 2.75) is 13.5 Å². The van der Waals surface area contributed by atoms with Crippen LogP contribution in [0, 0.1) is 6.92 Å². The molecule has 3 heterocycles. The van der Waals surface area contributed by atoms with Crippen LogP contribution in [-0.2, 0) is 6.54 Å². The number of rotatable bonds is 3. The molecule has 1 saturated heterocycles.